The van der Waals surface area contributed by atoms with Gasteiger partial charge in [-0.25, -0.2) is 0 Å². The number of hydrogen-bond donors (Lipinski definition) is 0. The van der Waals surface area contributed by atoms with E-state index in [9.17, 15) is 4.79 Å². The van der Waals surface area contributed by atoms with Gasteiger partial charge in [0.05, 0.1) is 11.4 Å². The van der Waals surface area contributed by atoms with E-state index in [0.29, 0.717) is 10.6 Å². The summed E-state index contributed by atoms with van der Waals surface area (Å²) in [5, 5.41) is 0.641. The molecule has 3 nitrogen and oxygen atoms in total. The molecule has 21 heavy (non-hydrogen) atoms. The summed E-state index contributed by atoms with van der Waals surface area (Å²) in [6, 6.07) is 15.1. The number of amides is 1. The first-order valence-electron chi connectivity index (χ1n) is 7.04. The van der Waals surface area contributed by atoms with Gasteiger partial charge in [0.2, 0.25) is 0 Å². The third-order valence-electron chi connectivity index (χ3n) is 3.80. The molecule has 1 amide bonds. The minimum absolute atomic E-state index is 0.0226. The number of fused-ring (bicyclic) bond motifs is 1. The number of carbonyl (C=O) groups is 1. The molecule has 3 rings (SSSR count). The highest BCUT2D eigenvalue weighted by Crippen LogP contribution is 2.32. The SMILES string of the molecule is CN1CCCN(C(=O)c2ccc(Cl)cc2)c2ccccc21. The maximum Gasteiger partial charge on any atom is 0.258 e. The number of hydrogen-bond acceptors (Lipinski definition) is 2. The van der Waals surface area contributed by atoms with E-state index in [2.05, 4.69) is 18.0 Å². The van der Waals surface area contributed by atoms with Crippen molar-refractivity contribution >= 4 is 28.9 Å². The molecule has 0 saturated heterocycles. The van der Waals surface area contributed by atoms with Crippen LogP contribution < -0.4 is 9.80 Å². The molecule has 2 aromatic rings. The average molecular weight is 301 g/mol. The molecule has 0 unspecified atom stereocenters. The van der Waals surface area contributed by atoms with E-state index >= 15 is 0 Å². The predicted molar refractivity (Wildman–Crippen MR) is 87.5 cm³/mol. The summed E-state index contributed by atoms with van der Waals surface area (Å²) in [5.74, 6) is 0.0226. The summed E-state index contributed by atoms with van der Waals surface area (Å²) in [6.45, 7) is 1.67. The van der Waals surface area contributed by atoms with Crippen molar-refractivity contribution < 1.29 is 4.79 Å². The second kappa shape index (κ2) is 5.78. The monoisotopic (exact) mass is 300 g/mol. The fourth-order valence-corrected chi connectivity index (χ4v) is 2.81. The van der Waals surface area contributed by atoms with Crippen molar-refractivity contribution in [3.8, 4) is 0 Å². The van der Waals surface area contributed by atoms with E-state index in [1.165, 1.54) is 0 Å². The van der Waals surface area contributed by atoms with Crippen molar-refractivity contribution in [3.05, 3.63) is 59.1 Å². The van der Waals surface area contributed by atoms with Crippen molar-refractivity contribution in [2.45, 2.75) is 6.42 Å². The predicted octanol–water partition coefficient (Wildman–Crippen LogP) is 3.83. The summed E-state index contributed by atoms with van der Waals surface area (Å²) in [6.07, 6.45) is 0.949. The number of benzene rings is 2. The lowest BCUT2D eigenvalue weighted by Crippen LogP contribution is -2.31. The van der Waals surface area contributed by atoms with Gasteiger partial charge in [0.1, 0.15) is 0 Å². The van der Waals surface area contributed by atoms with Gasteiger partial charge in [-0.15, -0.1) is 0 Å². The molecule has 0 N–H and O–H groups in total. The summed E-state index contributed by atoms with van der Waals surface area (Å²) in [5.41, 5.74) is 2.73. The highest BCUT2D eigenvalue weighted by molar-refractivity contribution is 6.30. The Morgan fingerprint density at radius 3 is 2.38 bits per heavy atom. The molecule has 0 spiro atoms. The van der Waals surface area contributed by atoms with Crippen LogP contribution in [0.3, 0.4) is 0 Å². The second-order valence-corrected chi connectivity index (χ2v) is 5.66. The van der Waals surface area contributed by atoms with Gasteiger partial charge in [0, 0.05) is 30.7 Å². The fraction of sp³-hybridized carbons (Fsp3) is 0.235. The van der Waals surface area contributed by atoms with Crippen LogP contribution in [-0.2, 0) is 0 Å². The molecule has 0 radical (unpaired) electrons. The van der Waals surface area contributed by atoms with Crippen LogP contribution in [0, 0.1) is 0 Å². The average Bonchev–Trinajstić information content (AvgIpc) is 2.67. The summed E-state index contributed by atoms with van der Waals surface area (Å²) in [4.78, 5) is 16.9. The number of carbonyl (C=O) groups excluding carboxylic acids is 1. The third-order valence-corrected chi connectivity index (χ3v) is 4.05. The van der Waals surface area contributed by atoms with Gasteiger partial charge in [0.15, 0.2) is 0 Å². The number of halogens is 1. The highest BCUT2D eigenvalue weighted by atomic mass is 35.5. The zero-order valence-electron chi connectivity index (χ0n) is 11.9. The first-order chi connectivity index (χ1) is 10.2. The largest absolute Gasteiger partial charge is 0.373 e. The minimum Gasteiger partial charge on any atom is -0.373 e. The standard InChI is InChI=1S/C17H17ClN2O/c1-19-11-4-12-20(16-6-3-2-5-15(16)19)17(21)13-7-9-14(18)10-8-13/h2-3,5-10H,4,11-12H2,1H3. The lowest BCUT2D eigenvalue weighted by Gasteiger charge is -2.24. The molecular formula is C17H17ClN2O. The number of rotatable bonds is 1. The van der Waals surface area contributed by atoms with Crippen molar-refractivity contribution in [2.75, 3.05) is 29.9 Å². The molecular weight excluding hydrogens is 284 g/mol. The first-order valence-corrected chi connectivity index (χ1v) is 7.42. The number of para-hydroxylation sites is 2. The van der Waals surface area contributed by atoms with Gasteiger partial charge in [-0.2, -0.15) is 0 Å². The van der Waals surface area contributed by atoms with Gasteiger partial charge in [-0.3, -0.25) is 4.79 Å². The Kier molecular flexibility index (Phi) is 3.84. The molecule has 0 aliphatic carbocycles. The van der Waals surface area contributed by atoms with E-state index in [0.717, 1.165) is 30.9 Å². The number of anilines is 2. The van der Waals surface area contributed by atoms with Crippen molar-refractivity contribution in [1.29, 1.82) is 0 Å². The fourth-order valence-electron chi connectivity index (χ4n) is 2.68. The van der Waals surface area contributed by atoms with Crippen LogP contribution in [0.4, 0.5) is 11.4 Å². The molecule has 4 heteroatoms. The van der Waals surface area contributed by atoms with Gasteiger partial charge in [0.25, 0.3) is 5.91 Å². The van der Waals surface area contributed by atoms with Gasteiger partial charge >= 0.3 is 0 Å². The highest BCUT2D eigenvalue weighted by Gasteiger charge is 2.23. The zero-order chi connectivity index (χ0) is 14.8. The summed E-state index contributed by atoms with van der Waals surface area (Å²) in [7, 11) is 2.06. The normalized spacial score (nSPS) is 14.6. The topological polar surface area (TPSA) is 23.6 Å². The van der Waals surface area contributed by atoms with Gasteiger partial charge in [-0.05, 0) is 42.8 Å². The summed E-state index contributed by atoms with van der Waals surface area (Å²) < 4.78 is 0. The van der Waals surface area contributed by atoms with Crippen LogP contribution in [0.15, 0.2) is 48.5 Å². The van der Waals surface area contributed by atoms with Gasteiger partial charge < -0.3 is 9.80 Å². The van der Waals surface area contributed by atoms with Crippen molar-refractivity contribution in [2.24, 2.45) is 0 Å². The Bertz CT molecular complexity index is 654. The second-order valence-electron chi connectivity index (χ2n) is 5.23. The Morgan fingerprint density at radius 1 is 1.00 bits per heavy atom. The minimum atomic E-state index is 0.0226. The maximum atomic E-state index is 12.8. The molecule has 0 fully saturated rings. The van der Waals surface area contributed by atoms with Crippen molar-refractivity contribution in [3.63, 3.8) is 0 Å². The van der Waals surface area contributed by atoms with E-state index < -0.39 is 0 Å². The van der Waals surface area contributed by atoms with Crippen LogP contribution in [0.25, 0.3) is 0 Å². The Labute approximate surface area is 129 Å². The zero-order valence-corrected chi connectivity index (χ0v) is 12.7. The Morgan fingerprint density at radius 2 is 1.67 bits per heavy atom. The molecule has 1 aliphatic rings. The van der Waals surface area contributed by atoms with E-state index in [1.807, 2.05) is 23.1 Å². The van der Waals surface area contributed by atoms with Crippen molar-refractivity contribution in [1.82, 2.24) is 0 Å². The molecule has 0 aromatic heterocycles. The Balaban J connectivity index is 1.99. The molecule has 0 atom stereocenters. The van der Waals surface area contributed by atoms with Gasteiger partial charge in [-0.1, -0.05) is 23.7 Å². The molecule has 1 heterocycles. The molecule has 1 aliphatic heterocycles. The first kappa shape index (κ1) is 14.0. The lowest BCUT2D eigenvalue weighted by atomic mass is 10.1. The van der Waals surface area contributed by atoms with E-state index in [1.54, 1.807) is 24.3 Å². The van der Waals surface area contributed by atoms with E-state index in [-0.39, 0.29) is 5.91 Å². The van der Waals surface area contributed by atoms with Crippen LogP contribution in [-0.4, -0.2) is 26.0 Å². The quantitative estimate of drug-likeness (QED) is 0.799. The lowest BCUT2D eigenvalue weighted by molar-refractivity contribution is 0.0987. The molecule has 0 bridgehead atoms. The van der Waals surface area contributed by atoms with E-state index in [4.69, 9.17) is 11.6 Å². The molecule has 108 valence electrons. The van der Waals surface area contributed by atoms with Crippen LogP contribution in [0.1, 0.15) is 16.8 Å². The summed E-state index contributed by atoms with van der Waals surface area (Å²) >= 11 is 5.90. The Hall–Kier alpha value is -2.00. The molecule has 0 saturated carbocycles. The van der Waals surface area contributed by atoms with Crippen LogP contribution in [0.2, 0.25) is 5.02 Å². The van der Waals surface area contributed by atoms with Crippen LogP contribution >= 0.6 is 11.6 Å². The van der Waals surface area contributed by atoms with Crippen LogP contribution in [0.5, 0.6) is 0 Å². The maximum absolute atomic E-state index is 12.8. The smallest absolute Gasteiger partial charge is 0.258 e. The molecule has 2 aromatic carbocycles. The number of nitrogens with zero attached hydrogens (tertiary/aromatic N) is 2. The third kappa shape index (κ3) is 2.74.